The second-order valence-electron chi connectivity index (χ2n) is 4.59. The van der Waals surface area contributed by atoms with E-state index in [-0.39, 0.29) is 5.41 Å². The largest absolute Gasteiger partial charge is 0.506 e. The van der Waals surface area contributed by atoms with Gasteiger partial charge in [0.2, 0.25) is 0 Å². The molecule has 0 saturated carbocycles. The zero-order valence-corrected chi connectivity index (χ0v) is 8.72. The Morgan fingerprint density at radius 2 is 2.14 bits per heavy atom. The van der Waals surface area contributed by atoms with Crippen LogP contribution in [0, 0.1) is 7.05 Å². The van der Waals surface area contributed by atoms with Crippen molar-refractivity contribution in [3.05, 3.63) is 30.3 Å². The van der Waals surface area contributed by atoms with Crippen LogP contribution < -0.4 is 5.32 Å². The van der Waals surface area contributed by atoms with Crippen LogP contribution in [0.3, 0.4) is 0 Å². The predicted molar refractivity (Wildman–Crippen MR) is 58.4 cm³/mol. The number of rotatable bonds is 1. The molecule has 1 aromatic rings. The molecule has 2 N–H and O–H groups in total. The molecule has 0 bridgehead atoms. The molecular weight excluding hydrogens is 174 g/mol. The van der Waals surface area contributed by atoms with Crippen LogP contribution in [0.4, 0.5) is 5.69 Å². The first-order valence-corrected chi connectivity index (χ1v) is 4.94. The van der Waals surface area contributed by atoms with E-state index in [0.717, 1.165) is 18.5 Å². The van der Waals surface area contributed by atoms with E-state index in [9.17, 15) is 5.11 Å². The molecule has 0 unspecified atom stereocenters. The lowest BCUT2D eigenvalue weighted by Gasteiger charge is -2.19. The van der Waals surface area contributed by atoms with Crippen molar-refractivity contribution in [3.63, 3.8) is 0 Å². The maximum absolute atomic E-state index is 9.64. The van der Waals surface area contributed by atoms with Crippen LogP contribution in [0.5, 0.6) is 5.75 Å². The summed E-state index contributed by atoms with van der Waals surface area (Å²) >= 11 is 0. The molecular formula is C12H16NO. The van der Waals surface area contributed by atoms with Gasteiger partial charge in [0.1, 0.15) is 5.75 Å². The van der Waals surface area contributed by atoms with E-state index in [2.05, 4.69) is 26.2 Å². The van der Waals surface area contributed by atoms with Gasteiger partial charge in [-0.25, -0.2) is 0 Å². The Hall–Kier alpha value is -1.18. The number of hydrogen-bond donors (Lipinski definition) is 2. The van der Waals surface area contributed by atoms with Gasteiger partial charge >= 0.3 is 0 Å². The van der Waals surface area contributed by atoms with Crippen LogP contribution in [0.25, 0.3) is 0 Å². The van der Waals surface area contributed by atoms with Gasteiger partial charge in [-0.05, 0) is 41.5 Å². The van der Waals surface area contributed by atoms with Gasteiger partial charge in [-0.1, -0.05) is 13.8 Å². The maximum Gasteiger partial charge on any atom is 0.138 e. The molecule has 0 aromatic heterocycles. The van der Waals surface area contributed by atoms with E-state index in [0.29, 0.717) is 5.75 Å². The number of hydrogen-bond acceptors (Lipinski definition) is 2. The first-order chi connectivity index (χ1) is 6.54. The van der Waals surface area contributed by atoms with Crippen molar-refractivity contribution >= 4 is 5.69 Å². The number of phenolic OH excluding ortho intramolecular Hbond substituents is 1. The normalized spacial score (nSPS) is 17.9. The minimum atomic E-state index is 0.231. The highest BCUT2D eigenvalue weighted by Crippen LogP contribution is 2.42. The van der Waals surface area contributed by atoms with Crippen LogP contribution in [0.1, 0.15) is 31.4 Å². The lowest BCUT2D eigenvalue weighted by Crippen LogP contribution is -2.11. The summed E-state index contributed by atoms with van der Waals surface area (Å²) in [6.45, 7) is 4.48. The van der Waals surface area contributed by atoms with Crippen LogP contribution in [0.15, 0.2) is 12.1 Å². The molecule has 0 amide bonds. The summed E-state index contributed by atoms with van der Waals surface area (Å²) < 4.78 is 0. The molecule has 0 atom stereocenters. The molecule has 0 aliphatic heterocycles. The molecule has 0 fully saturated rings. The van der Waals surface area contributed by atoms with E-state index < -0.39 is 0 Å². The SMILES string of the molecule is [CH2]Nc1cc2c(cc1O)CCC2(C)C. The van der Waals surface area contributed by atoms with Crippen LogP contribution in [-0.2, 0) is 11.8 Å². The number of phenols is 1. The molecule has 14 heavy (non-hydrogen) atoms. The number of aromatic hydroxyl groups is 1. The van der Waals surface area contributed by atoms with Crippen molar-refractivity contribution < 1.29 is 5.11 Å². The summed E-state index contributed by atoms with van der Waals surface area (Å²) in [6, 6.07) is 3.88. The molecule has 1 aromatic carbocycles. The lowest BCUT2D eigenvalue weighted by atomic mass is 9.86. The van der Waals surface area contributed by atoms with Crippen molar-refractivity contribution in [1.29, 1.82) is 0 Å². The molecule has 2 nitrogen and oxygen atoms in total. The van der Waals surface area contributed by atoms with Gasteiger partial charge in [-0.3, -0.25) is 0 Å². The molecule has 1 aliphatic carbocycles. The Bertz CT molecular complexity index is 369. The molecule has 0 saturated heterocycles. The number of fused-ring (bicyclic) bond motifs is 1. The van der Waals surface area contributed by atoms with Crippen molar-refractivity contribution in [3.8, 4) is 5.75 Å². The molecule has 2 rings (SSSR count). The Kier molecular flexibility index (Phi) is 1.95. The molecule has 1 radical (unpaired) electrons. The van der Waals surface area contributed by atoms with Gasteiger partial charge in [-0.2, -0.15) is 0 Å². The third kappa shape index (κ3) is 1.26. The molecule has 0 spiro atoms. The van der Waals surface area contributed by atoms with Crippen molar-refractivity contribution in [1.82, 2.24) is 0 Å². The first-order valence-electron chi connectivity index (χ1n) is 4.94. The van der Waals surface area contributed by atoms with E-state index in [1.54, 1.807) is 0 Å². The molecule has 1 aliphatic rings. The standard InChI is InChI=1S/C12H16NO/c1-12(2)5-4-8-6-11(14)10(13-3)7-9(8)12/h6-7,13-14H,3-5H2,1-2H3. The highest BCUT2D eigenvalue weighted by atomic mass is 16.3. The van der Waals surface area contributed by atoms with Crippen molar-refractivity contribution in [2.24, 2.45) is 0 Å². The summed E-state index contributed by atoms with van der Waals surface area (Å²) in [5, 5.41) is 12.4. The molecule has 0 heterocycles. The summed E-state index contributed by atoms with van der Waals surface area (Å²) in [7, 11) is 3.58. The monoisotopic (exact) mass is 190 g/mol. The van der Waals surface area contributed by atoms with E-state index in [4.69, 9.17) is 0 Å². The fourth-order valence-corrected chi connectivity index (χ4v) is 2.19. The van der Waals surface area contributed by atoms with E-state index in [1.165, 1.54) is 11.1 Å². The van der Waals surface area contributed by atoms with Gasteiger partial charge in [-0.15, -0.1) is 0 Å². The number of nitrogens with one attached hydrogen (secondary N) is 1. The summed E-state index contributed by atoms with van der Waals surface area (Å²) in [5.41, 5.74) is 3.56. The second kappa shape index (κ2) is 2.91. The van der Waals surface area contributed by atoms with Gasteiger partial charge in [0, 0.05) is 7.05 Å². The van der Waals surface area contributed by atoms with Crippen LogP contribution in [0.2, 0.25) is 0 Å². The molecule has 75 valence electrons. The van der Waals surface area contributed by atoms with Crippen molar-refractivity contribution in [2.45, 2.75) is 32.1 Å². The number of anilines is 1. The average Bonchev–Trinajstić information content (AvgIpc) is 2.41. The third-order valence-corrected chi connectivity index (χ3v) is 3.16. The van der Waals surface area contributed by atoms with Gasteiger partial charge in [0.25, 0.3) is 0 Å². The Morgan fingerprint density at radius 3 is 2.79 bits per heavy atom. The second-order valence-corrected chi connectivity index (χ2v) is 4.59. The van der Waals surface area contributed by atoms with E-state index >= 15 is 0 Å². The highest BCUT2D eigenvalue weighted by Gasteiger charge is 2.30. The number of aryl methyl sites for hydroxylation is 1. The van der Waals surface area contributed by atoms with Crippen molar-refractivity contribution in [2.75, 3.05) is 5.32 Å². The Balaban J connectivity index is 2.56. The highest BCUT2D eigenvalue weighted by molar-refractivity contribution is 5.62. The summed E-state index contributed by atoms with van der Waals surface area (Å²) in [4.78, 5) is 0. The quantitative estimate of drug-likeness (QED) is 0.667. The topological polar surface area (TPSA) is 32.3 Å². The minimum absolute atomic E-state index is 0.231. The van der Waals surface area contributed by atoms with Gasteiger partial charge in [0.15, 0.2) is 0 Å². The van der Waals surface area contributed by atoms with Crippen LogP contribution >= 0.6 is 0 Å². The zero-order valence-electron chi connectivity index (χ0n) is 8.72. The fourth-order valence-electron chi connectivity index (χ4n) is 2.19. The maximum atomic E-state index is 9.64. The molecule has 2 heteroatoms. The van der Waals surface area contributed by atoms with Gasteiger partial charge in [0.05, 0.1) is 5.69 Å². The average molecular weight is 190 g/mol. The first kappa shape index (κ1) is 9.38. The van der Waals surface area contributed by atoms with Crippen LogP contribution in [-0.4, -0.2) is 5.11 Å². The summed E-state index contributed by atoms with van der Waals surface area (Å²) in [5.74, 6) is 0.302. The van der Waals surface area contributed by atoms with Gasteiger partial charge < -0.3 is 10.4 Å². The summed E-state index contributed by atoms with van der Waals surface area (Å²) in [6.07, 6.45) is 2.22. The lowest BCUT2D eigenvalue weighted by molar-refractivity contribution is 0.476. The fraction of sp³-hybridized carbons (Fsp3) is 0.417. The third-order valence-electron chi connectivity index (χ3n) is 3.16. The Morgan fingerprint density at radius 1 is 1.43 bits per heavy atom. The predicted octanol–water partition coefficient (Wildman–Crippen LogP) is 2.82. The number of benzene rings is 1. The van der Waals surface area contributed by atoms with E-state index in [1.807, 2.05) is 12.1 Å². The Labute approximate surface area is 85.0 Å². The minimum Gasteiger partial charge on any atom is -0.506 e. The smallest absolute Gasteiger partial charge is 0.138 e. The zero-order chi connectivity index (χ0) is 10.3.